The van der Waals surface area contributed by atoms with E-state index in [-0.39, 0.29) is 0 Å². The molecule has 3 heterocycles. The first-order valence-electron chi connectivity index (χ1n) is 9.68. The number of nitrogens with zero attached hydrogens (tertiary/aromatic N) is 4. The van der Waals surface area contributed by atoms with Gasteiger partial charge in [-0.1, -0.05) is 0 Å². The SMILES string of the molecule is COCCN1C[C@@H]2[C@H](C1)[C@H]2n1cc(-c2cnc(N)c(C)c2)nc1C1CC1. The molecule has 2 aromatic heterocycles. The van der Waals surface area contributed by atoms with Crippen molar-refractivity contribution in [2.24, 2.45) is 11.8 Å². The quantitative estimate of drug-likeness (QED) is 0.864. The molecule has 2 aliphatic carbocycles. The number of pyridine rings is 1. The van der Waals surface area contributed by atoms with Crippen LogP contribution in [0.2, 0.25) is 0 Å². The number of hydrogen-bond acceptors (Lipinski definition) is 5. The highest BCUT2D eigenvalue weighted by Crippen LogP contribution is 2.57. The number of ether oxygens (including phenoxy) is 1. The number of nitrogen functional groups attached to an aromatic ring is 1. The summed E-state index contributed by atoms with van der Waals surface area (Å²) in [6.45, 7) is 6.27. The number of fused-ring (bicyclic) bond motifs is 1. The average Bonchev–Trinajstić information content (AvgIpc) is 3.51. The third kappa shape index (κ3) is 2.72. The number of methoxy groups -OCH3 is 1. The van der Waals surface area contributed by atoms with Crippen molar-refractivity contribution >= 4 is 5.82 Å². The van der Waals surface area contributed by atoms with Crippen molar-refractivity contribution in [3.63, 3.8) is 0 Å². The Hall–Kier alpha value is -1.92. The van der Waals surface area contributed by atoms with Gasteiger partial charge in [-0.15, -0.1) is 0 Å². The van der Waals surface area contributed by atoms with Crippen LogP contribution in [-0.4, -0.2) is 52.8 Å². The summed E-state index contributed by atoms with van der Waals surface area (Å²) in [4.78, 5) is 11.9. The average molecular weight is 353 g/mol. The predicted molar refractivity (Wildman–Crippen MR) is 101 cm³/mol. The Morgan fingerprint density at radius 3 is 2.69 bits per heavy atom. The van der Waals surface area contributed by atoms with E-state index in [4.69, 9.17) is 15.5 Å². The monoisotopic (exact) mass is 353 g/mol. The minimum Gasteiger partial charge on any atom is -0.383 e. The fourth-order valence-corrected chi connectivity index (χ4v) is 4.55. The van der Waals surface area contributed by atoms with E-state index in [0.29, 0.717) is 17.8 Å². The van der Waals surface area contributed by atoms with Gasteiger partial charge in [0.1, 0.15) is 11.6 Å². The lowest BCUT2D eigenvalue weighted by atomic mass is 10.1. The van der Waals surface area contributed by atoms with Crippen LogP contribution in [0.25, 0.3) is 11.3 Å². The lowest BCUT2D eigenvalue weighted by Gasteiger charge is -2.20. The smallest absolute Gasteiger partial charge is 0.126 e. The van der Waals surface area contributed by atoms with Gasteiger partial charge in [0.2, 0.25) is 0 Å². The predicted octanol–water partition coefficient (Wildman–Crippen LogP) is 2.46. The highest BCUT2D eigenvalue weighted by molar-refractivity contribution is 5.61. The fourth-order valence-electron chi connectivity index (χ4n) is 4.55. The van der Waals surface area contributed by atoms with Crippen molar-refractivity contribution in [2.45, 2.75) is 31.7 Å². The van der Waals surface area contributed by atoms with Gasteiger partial charge in [-0.2, -0.15) is 0 Å². The number of anilines is 1. The van der Waals surface area contributed by atoms with E-state index in [0.717, 1.165) is 41.8 Å². The Labute approximate surface area is 154 Å². The van der Waals surface area contributed by atoms with Crippen LogP contribution in [0, 0.1) is 18.8 Å². The number of hydrogen-bond donors (Lipinski definition) is 1. The normalized spacial score (nSPS) is 27.7. The molecule has 3 atom stereocenters. The second-order valence-electron chi connectivity index (χ2n) is 8.16. The number of nitrogens with two attached hydrogens (primary N) is 1. The minimum atomic E-state index is 0.600. The number of rotatable bonds is 6. The van der Waals surface area contributed by atoms with E-state index in [1.54, 1.807) is 7.11 Å². The molecular formula is C20H27N5O. The van der Waals surface area contributed by atoms with Gasteiger partial charge in [-0.05, 0) is 43.2 Å². The van der Waals surface area contributed by atoms with E-state index in [9.17, 15) is 0 Å². The molecule has 1 aliphatic heterocycles. The molecule has 3 aliphatic rings. The molecule has 0 spiro atoms. The van der Waals surface area contributed by atoms with Gasteiger partial charge >= 0.3 is 0 Å². The van der Waals surface area contributed by atoms with Crippen molar-refractivity contribution in [3.8, 4) is 11.3 Å². The summed E-state index contributed by atoms with van der Waals surface area (Å²) in [5.74, 6) is 4.09. The van der Waals surface area contributed by atoms with Crippen molar-refractivity contribution in [1.29, 1.82) is 0 Å². The summed E-state index contributed by atoms with van der Waals surface area (Å²) in [6, 6.07) is 2.74. The third-order valence-electron chi connectivity index (χ3n) is 6.28. The third-order valence-corrected chi connectivity index (χ3v) is 6.28. The summed E-state index contributed by atoms with van der Waals surface area (Å²) in [5, 5.41) is 0. The fraction of sp³-hybridized carbons (Fsp3) is 0.600. The van der Waals surface area contributed by atoms with Crippen molar-refractivity contribution < 1.29 is 4.74 Å². The zero-order valence-electron chi connectivity index (χ0n) is 15.6. The molecule has 138 valence electrons. The van der Waals surface area contributed by atoms with Crippen LogP contribution in [0.4, 0.5) is 5.82 Å². The summed E-state index contributed by atoms with van der Waals surface area (Å²) in [6.07, 6.45) is 6.67. The van der Waals surface area contributed by atoms with Crippen LogP contribution < -0.4 is 5.73 Å². The molecule has 2 saturated carbocycles. The number of piperidine rings is 1. The summed E-state index contributed by atoms with van der Waals surface area (Å²) < 4.78 is 7.72. The van der Waals surface area contributed by atoms with Gasteiger partial charge in [-0.3, -0.25) is 0 Å². The van der Waals surface area contributed by atoms with Crippen molar-refractivity contribution in [1.82, 2.24) is 19.4 Å². The van der Waals surface area contributed by atoms with Crippen LogP contribution in [-0.2, 0) is 4.74 Å². The first-order chi connectivity index (χ1) is 12.7. The zero-order valence-corrected chi connectivity index (χ0v) is 15.6. The Balaban J connectivity index is 1.39. The number of imidazole rings is 1. The second-order valence-corrected chi connectivity index (χ2v) is 8.16. The molecule has 2 N–H and O–H groups in total. The largest absolute Gasteiger partial charge is 0.383 e. The molecular weight excluding hydrogens is 326 g/mol. The number of aromatic nitrogens is 3. The Morgan fingerprint density at radius 1 is 1.27 bits per heavy atom. The molecule has 5 rings (SSSR count). The highest BCUT2D eigenvalue weighted by atomic mass is 16.5. The van der Waals surface area contributed by atoms with E-state index in [1.807, 2.05) is 13.1 Å². The lowest BCUT2D eigenvalue weighted by Crippen LogP contribution is -2.28. The maximum atomic E-state index is 5.88. The molecule has 1 saturated heterocycles. The molecule has 0 unspecified atom stereocenters. The molecule has 0 amide bonds. The van der Waals surface area contributed by atoms with E-state index < -0.39 is 0 Å². The number of aryl methyl sites for hydroxylation is 1. The van der Waals surface area contributed by atoms with Gasteiger partial charge in [0.15, 0.2) is 0 Å². The van der Waals surface area contributed by atoms with E-state index in [2.05, 4.69) is 26.7 Å². The van der Waals surface area contributed by atoms with Crippen LogP contribution in [0.1, 0.15) is 36.2 Å². The maximum Gasteiger partial charge on any atom is 0.126 e. The summed E-state index contributed by atoms with van der Waals surface area (Å²) in [5.41, 5.74) is 9.01. The lowest BCUT2D eigenvalue weighted by molar-refractivity contribution is 0.152. The molecule has 0 bridgehead atoms. The minimum absolute atomic E-state index is 0.600. The van der Waals surface area contributed by atoms with Gasteiger partial charge < -0.3 is 19.9 Å². The molecule has 0 aromatic carbocycles. The first-order valence-corrected chi connectivity index (χ1v) is 9.68. The van der Waals surface area contributed by atoms with Crippen molar-refractivity contribution in [3.05, 3.63) is 29.8 Å². The van der Waals surface area contributed by atoms with Crippen LogP contribution >= 0.6 is 0 Å². The molecule has 6 heteroatoms. The van der Waals surface area contributed by atoms with Crippen molar-refractivity contribution in [2.75, 3.05) is 39.1 Å². The van der Waals surface area contributed by atoms with E-state index in [1.165, 1.54) is 31.8 Å². The van der Waals surface area contributed by atoms with Gasteiger partial charge in [0.05, 0.1) is 12.3 Å². The Kier molecular flexibility index (Phi) is 3.79. The van der Waals surface area contributed by atoms with Crippen LogP contribution in [0.3, 0.4) is 0 Å². The first kappa shape index (κ1) is 16.3. The Bertz CT molecular complexity index is 816. The molecule has 26 heavy (non-hydrogen) atoms. The molecule has 0 radical (unpaired) electrons. The Morgan fingerprint density at radius 2 is 2.04 bits per heavy atom. The zero-order chi connectivity index (χ0) is 17.8. The maximum absolute atomic E-state index is 5.88. The molecule has 6 nitrogen and oxygen atoms in total. The summed E-state index contributed by atoms with van der Waals surface area (Å²) >= 11 is 0. The topological polar surface area (TPSA) is 69.2 Å². The van der Waals surface area contributed by atoms with Crippen LogP contribution in [0.15, 0.2) is 18.5 Å². The van der Waals surface area contributed by atoms with Gasteiger partial charge in [0, 0.05) is 56.7 Å². The van der Waals surface area contributed by atoms with E-state index >= 15 is 0 Å². The molecule has 2 aromatic rings. The highest BCUT2D eigenvalue weighted by Gasteiger charge is 2.57. The van der Waals surface area contributed by atoms with Gasteiger partial charge in [-0.25, -0.2) is 9.97 Å². The number of likely N-dealkylation sites (tertiary alicyclic amines) is 1. The summed E-state index contributed by atoms with van der Waals surface area (Å²) in [7, 11) is 1.78. The molecule has 3 fully saturated rings. The second kappa shape index (κ2) is 6.06. The standard InChI is InChI=1S/C20H27N5O/c1-12-7-14(8-22-19(12)21)17-11-25(20(23-17)13-3-4-13)18-15-9-24(5-6-26-2)10-16(15)18/h7-8,11,13,15-16,18H,3-6,9-10H2,1-2H3,(H2,21,22)/t15-,16+,18+. The van der Waals surface area contributed by atoms with Gasteiger partial charge in [0.25, 0.3) is 0 Å². The van der Waals surface area contributed by atoms with Crippen LogP contribution in [0.5, 0.6) is 0 Å².